The Labute approximate surface area is 139 Å². The zero-order chi connectivity index (χ0) is 17.2. The van der Waals surface area contributed by atoms with Crippen LogP contribution in [0, 0.1) is 5.92 Å². The van der Waals surface area contributed by atoms with Crippen LogP contribution in [0.5, 0.6) is 0 Å². The summed E-state index contributed by atoms with van der Waals surface area (Å²) in [5, 5.41) is 6.30. The molecular weight excluding hydrogens is 318 g/mol. The van der Waals surface area contributed by atoms with Crippen molar-refractivity contribution in [2.45, 2.75) is 26.3 Å². The zero-order valence-corrected chi connectivity index (χ0v) is 14.2. The monoisotopic (exact) mass is 339 g/mol. The standard InChI is InChI=1S/C16H21NO5S/c1-4-11(2)15(16(20)21-3)17-13(18)9-22-14(19)6-5-12-7-8-23-10-12/h5-8,10-11,15H,4,9H2,1-3H3,(H,17,18)/b6-5+/t11-,15-/m0/s1. The Morgan fingerprint density at radius 3 is 2.70 bits per heavy atom. The van der Waals surface area contributed by atoms with E-state index in [0.29, 0.717) is 6.42 Å². The number of carbonyl (C=O) groups is 3. The minimum Gasteiger partial charge on any atom is -0.467 e. The highest BCUT2D eigenvalue weighted by Gasteiger charge is 2.26. The quantitative estimate of drug-likeness (QED) is 0.579. The number of thiophene rings is 1. The Morgan fingerprint density at radius 1 is 1.39 bits per heavy atom. The molecule has 0 aliphatic rings. The lowest BCUT2D eigenvalue weighted by molar-refractivity contribution is -0.148. The fourth-order valence-corrected chi connectivity index (χ4v) is 2.36. The van der Waals surface area contributed by atoms with Crippen molar-refractivity contribution in [1.82, 2.24) is 5.32 Å². The van der Waals surface area contributed by atoms with Crippen molar-refractivity contribution in [3.8, 4) is 0 Å². The molecule has 0 unspecified atom stereocenters. The summed E-state index contributed by atoms with van der Waals surface area (Å²) in [5.41, 5.74) is 0.888. The third-order valence-corrected chi connectivity index (χ3v) is 3.99. The highest BCUT2D eigenvalue weighted by molar-refractivity contribution is 7.08. The SMILES string of the molecule is CC[C@H](C)[C@H](NC(=O)COC(=O)/C=C/c1ccsc1)C(=O)OC. The van der Waals surface area contributed by atoms with Gasteiger partial charge in [0.05, 0.1) is 7.11 Å². The molecule has 0 aliphatic carbocycles. The molecule has 1 aromatic rings. The first-order valence-corrected chi connectivity index (χ1v) is 8.16. The molecule has 1 aromatic heterocycles. The molecule has 23 heavy (non-hydrogen) atoms. The van der Waals surface area contributed by atoms with Crippen LogP contribution in [-0.2, 0) is 23.9 Å². The highest BCUT2D eigenvalue weighted by atomic mass is 32.1. The van der Waals surface area contributed by atoms with E-state index in [4.69, 9.17) is 4.74 Å². The number of ether oxygens (including phenoxy) is 2. The number of rotatable bonds is 8. The summed E-state index contributed by atoms with van der Waals surface area (Å²) in [5.74, 6) is -1.76. The van der Waals surface area contributed by atoms with Crippen LogP contribution >= 0.6 is 11.3 Å². The first kappa shape index (κ1) is 18.9. The second-order valence-corrected chi connectivity index (χ2v) is 5.73. The van der Waals surface area contributed by atoms with Gasteiger partial charge in [0.2, 0.25) is 0 Å². The van der Waals surface area contributed by atoms with Crippen LogP contribution in [0.3, 0.4) is 0 Å². The van der Waals surface area contributed by atoms with Crippen LogP contribution in [-0.4, -0.2) is 37.6 Å². The first-order chi connectivity index (χ1) is 11.0. The van der Waals surface area contributed by atoms with Crippen molar-refractivity contribution in [2.24, 2.45) is 5.92 Å². The van der Waals surface area contributed by atoms with Gasteiger partial charge >= 0.3 is 11.9 Å². The molecule has 126 valence electrons. The second kappa shape index (κ2) is 9.78. The third kappa shape index (κ3) is 6.65. The lowest BCUT2D eigenvalue weighted by Gasteiger charge is -2.21. The zero-order valence-electron chi connectivity index (χ0n) is 13.4. The molecule has 0 radical (unpaired) electrons. The Hall–Kier alpha value is -2.15. The molecular formula is C16H21NO5S. The van der Waals surface area contributed by atoms with Crippen LogP contribution in [0.15, 0.2) is 22.9 Å². The summed E-state index contributed by atoms with van der Waals surface area (Å²) in [4.78, 5) is 35.0. The molecule has 2 atom stereocenters. The van der Waals surface area contributed by atoms with E-state index >= 15 is 0 Å². The number of methoxy groups -OCH3 is 1. The van der Waals surface area contributed by atoms with Crippen molar-refractivity contribution < 1.29 is 23.9 Å². The highest BCUT2D eigenvalue weighted by Crippen LogP contribution is 2.09. The van der Waals surface area contributed by atoms with Crippen LogP contribution < -0.4 is 5.32 Å². The van der Waals surface area contributed by atoms with Gasteiger partial charge in [-0.05, 0) is 34.4 Å². The summed E-state index contributed by atoms with van der Waals surface area (Å²) in [6.07, 6.45) is 3.55. The van der Waals surface area contributed by atoms with Crippen molar-refractivity contribution in [1.29, 1.82) is 0 Å². The van der Waals surface area contributed by atoms with Gasteiger partial charge in [0.25, 0.3) is 5.91 Å². The lowest BCUT2D eigenvalue weighted by Crippen LogP contribution is -2.47. The molecule has 0 saturated heterocycles. The van der Waals surface area contributed by atoms with E-state index in [-0.39, 0.29) is 5.92 Å². The predicted octanol–water partition coefficient (Wildman–Crippen LogP) is 2.01. The Morgan fingerprint density at radius 2 is 2.13 bits per heavy atom. The maximum Gasteiger partial charge on any atom is 0.331 e. The average molecular weight is 339 g/mol. The predicted molar refractivity (Wildman–Crippen MR) is 87.7 cm³/mol. The van der Waals surface area contributed by atoms with Gasteiger partial charge in [0.1, 0.15) is 6.04 Å². The van der Waals surface area contributed by atoms with E-state index in [1.54, 1.807) is 6.08 Å². The minimum atomic E-state index is -0.752. The van der Waals surface area contributed by atoms with E-state index < -0.39 is 30.5 Å². The maximum atomic E-state index is 11.8. The van der Waals surface area contributed by atoms with Crippen LogP contribution in [0.1, 0.15) is 25.8 Å². The molecule has 0 fully saturated rings. The van der Waals surface area contributed by atoms with Crippen molar-refractivity contribution in [3.63, 3.8) is 0 Å². The molecule has 6 nitrogen and oxygen atoms in total. The van der Waals surface area contributed by atoms with Crippen LogP contribution in [0.4, 0.5) is 0 Å². The minimum absolute atomic E-state index is 0.0828. The molecule has 0 bridgehead atoms. The summed E-state index contributed by atoms with van der Waals surface area (Å²) in [7, 11) is 1.26. The van der Waals surface area contributed by atoms with Crippen molar-refractivity contribution >= 4 is 35.3 Å². The van der Waals surface area contributed by atoms with Gasteiger partial charge in [-0.25, -0.2) is 9.59 Å². The van der Waals surface area contributed by atoms with Crippen LogP contribution in [0.25, 0.3) is 6.08 Å². The van der Waals surface area contributed by atoms with Crippen LogP contribution in [0.2, 0.25) is 0 Å². The Bertz CT molecular complexity index is 553. The summed E-state index contributed by atoms with van der Waals surface area (Å²) in [6, 6.07) is 1.10. The molecule has 0 spiro atoms. The third-order valence-electron chi connectivity index (χ3n) is 3.29. The number of hydrogen-bond donors (Lipinski definition) is 1. The molecule has 0 aromatic carbocycles. The first-order valence-electron chi connectivity index (χ1n) is 7.22. The molecule has 7 heteroatoms. The summed E-state index contributed by atoms with van der Waals surface area (Å²) in [6.45, 7) is 3.29. The van der Waals surface area contributed by atoms with Gasteiger partial charge < -0.3 is 14.8 Å². The van der Waals surface area contributed by atoms with Crippen molar-refractivity contribution in [3.05, 3.63) is 28.5 Å². The van der Waals surface area contributed by atoms with E-state index in [0.717, 1.165) is 5.56 Å². The van der Waals surface area contributed by atoms with E-state index in [2.05, 4.69) is 10.1 Å². The van der Waals surface area contributed by atoms with Gasteiger partial charge in [0, 0.05) is 6.08 Å². The normalized spacial score (nSPS) is 13.3. The van der Waals surface area contributed by atoms with Gasteiger partial charge in [-0.3, -0.25) is 4.79 Å². The van der Waals surface area contributed by atoms with Gasteiger partial charge in [-0.2, -0.15) is 11.3 Å². The number of amides is 1. The van der Waals surface area contributed by atoms with Gasteiger partial charge in [-0.1, -0.05) is 20.3 Å². The Kier molecular flexibility index (Phi) is 8.04. The van der Waals surface area contributed by atoms with Gasteiger partial charge in [-0.15, -0.1) is 0 Å². The van der Waals surface area contributed by atoms with E-state index in [1.807, 2.05) is 30.7 Å². The molecule has 1 heterocycles. The number of carbonyl (C=O) groups excluding carboxylic acids is 3. The second-order valence-electron chi connectivity index (χ2n) is 4.95. The fraction of sp³-hybridized carbons (Fsp3) is 0.438. The van der Waals surface area contributed by atoms with E-state index in [1.165, 1.54) is 24.5 Å². The lowest BCUT2D eigenvalue weighted by atomic mass is 9.99. The Balaban J connectivity index is 2.45. The molecule has 0 aliphatic heterocycles. The molecule has 1 N–H and O–H groups in total. The molecule has 1 amide bonds. The van der Waals surface area contributed by atoms with Crippen molar-refractivity contribution in [2.75, 3.05) is 13.7 Å². The molecule has 0 saturated carbocycles. The fourth-order valence-electron chi connectivity index (χ4n) is 1.73. The maximum absolute atomic E-state index is 11.8. The average Bonchev–Trinajstić information content (AvgIpc) is 3.08. The number of esters is 2. The topological polar surface area (TPSA) is 81.7 Å². The number of nitrogens with one attached hydrogen (secondary N) is 1. The number of hydrogen-bond acceptors (Lipinski definition) is 6. The largest absolute Gasteiger partial charge is 0.467 e. The van der Waals surface area contributed by atoms with E-state index in [9.17, 15) is 14.4 Å². The summed E-state index contributed by atoms with van der Waals surface area (Å²) < 4.78 is 9.51. The summed E-state index contributed by atoms with van der Waals surface area (Å²) >= 11 is 1.51. The van der Waals surface area contributed by atoms with Gasteiger partial charge in [0.15, 0.2) is 6.61 Å². The smallest absolute Gasteiger partial charge is 0.331 e. The molecule has 1 rings (SSSR count).